The second-order valence-corrected chi connectivity index (χ2v) is 7.14. The van der Waals surface area contributed by atoms with Crippen LogP contribution in [0.4, 0.5) is 18.9 Å². The number of ether oxygens (including phenoxy) is 1. The monoisotopic (exact) mass is 439 g/mol. The maximum absolute atomic E-state index is 12.5. The van der Waals surface area contributed by atoms with Crippen LogP contribution >= 0.6 is 15.9 Å². The van der Waals surface area contributed by atoms with Gasteiger partial charge in [-0.1, -0.05) is 15.9 Å². The fourth-order valence-electron chi connectivity index (χ4n) is 1.74. The Balaban J connectivity index is 2.44. The summed E-state index contributed by atoms with van der Waals surface area (Å²) in [6, 6.07) is 4.07. The van der Waals surface area contributed by atoms with Gasteiger partial charge in [0.05, 0.1) is 17.4 Å². The molecule has 1 amide bonds. The Morgan fingerprint density at radius 1 is 1.24 bits per heavy atom. The first-order valence-electron chi connectivity index (χ1n) is 6.31. The quantitative estimate of drug-likeness (QED) is 0.743. The molecular weight excluding hydrogens is 431 g/mol. The topological polar surface area (TPSA) is 111 Å². The third kappa shape index (κ3) is 5.06. The van der Waals surface area contributed by atoms with Crippen LogP contribution in [0.5, 0.6) is 5.75 Å². The Bertz CT molecular complexity index is 919. The average Bonchev–Trinajstić information content (AvgIpc) is 2.47. The summed E-state index contributed by atoms with van der Waals surface area (Å²) in [5, 5.41) is 0. The zero-order chi connectivity index (χ0) is 18.8. The van der Waals surface area contributed by atoms with E-state index in [4.69, 9.17) is 5.73 Å². The van der Waals surface area contributed by atoms with Crippen LogP contribution in [0.1, 0.15) is 10.4 Å². The molecule has 0 unspecified atom stereocenters. The maximum Gasteiger partial charge on any atom is 0.573 e. The predicted molar refractivity (Wildman–Crippen MR) is 84.4 cm³/mol. The van der Waals surface area contributed by atoms with Gasteiger partial charge in [0.2, 0.25) is 5.91 Å². The first kappa shape index (κ1) is 19.0. The number of halogens is 4. The van der Waals surface area contributed by atoms with Crippen molar-refractivity contribution < 1.29 is 31.1 Å². The van der Waals surface area contributed by atoms with E-state index in [-0.39, 0.29) is 15.7 Å². The molecule has 12 heteroatoms. The smallest absolute Gasteiger partial charge is 0.404 e. The average molecular weight is 440 g/mol. The summed E-state index contributed by atoms with van der Waals surface area (Å²) in [5.74, 6) is -1.76. The van der Waals surface area contributed by atoms with Gasteiger partial charge in [-0.15, -0.1) is 13.2 Å². The molecule has 0 aliphatic carbocycles. The molecule has 0 aliphatic rings. The van der Waals surface area contributed by atoms with Gasteiger partial charge in [0.1, 0.15) is 10.6 Å². The van der Waals surface area contributed by atoms with Gasteiger partial charge < -0.3 is 10.5 Å². The minimum absolute atomic E-state index is 0.0822. The number of nitrogens with zero attached hydrogens (tertiary/aromatic N) is 1. The first-order chi connectivity index (χ1) is 11.5. The summed E-state index contributed by atoms with van der Waals surface area (Å²) in [7, 11) is -4.48. The van der Waals surface area contributed by atoms with Crippen molar-refractivity contribution in [1.29, 1.82) is 0 Å². The third-order valence-electron chi connectivity index (χ3n) is 2.70. The van der Waals surface area contributed by atoms with E-state index in [0.29, 0.717) is 0 Å². The Morgan fingerprint density at radius 2 is 1.92 bits per heavy atom. The summed E-state index contributed by atoms with van der Waals surface area (Å²) < 4.78 is 68.2. The van der Waals surface area contributed by atoms with Crippen LogP contribution in [-0.4, -0.2) is 25.7 Å². The number of carbonyl (C=O) groups excluding carboxylic acids is 1. The van der Waals surface area contributed by atoms with Crippen molar-refractivity contribution in [3.8, 4) is 5.75 Å². The van der Waals surface area contributed by atoms with Crippen molar-refractivity contribution >= 4 is 37.5 Å². The van der Waals surface area contributed by atoms with Gasteiger partial charge >= 0.3 is 6.36 Å². The lowest BCUT2D eigenvalue weighted by molar-refractivity contribution is -0.275. The van der Waals surface area contributed by atoms with E-state index >= 15 is 0 Å². The first-order valence-corrected chi connectivity index (χ1v) is 8.58. The number of pyridine rings is 1. The Labute approximate surface area is 148 Å². The highest BCUT2D eigenvalue weighted by Gasteiger charge is 2.34. The van der Waals surface area contributed by atoms with E-state index < -0.39 is 32.9 Å². The van der Waals surface area contributed by atoms with E-state index in [1.54, 1.807) is 0 Å². The van der Waals surface area contributed by atoms with Crippen molar-refractivity contribution in [2.75, 3.05) is 4.72 Å². The number of hydrogen-bond donors (Lipinski definition) is 2. The van der Waals surface area contributed by atoms with Gasteiger partial charge in [0, 0.05) is 10.7 Å². The summed E-state index contributed by atoms with van der Waals surface area (Å²) >= 11 is 2.98. The molecule has 2 rings (SSSR count). The number of rotatable bonds is 5. The molecule has 0 bridgehead atoms. The molecule has 134 valence electrons. The van der Waals surface area contributed by atoms with Crippen LogP contribution in [0.25, 0.3) is 0 Å². The number of benzene rings is 1. The van der Waals surface area contributed by atoms with Crippen molar-refractivity contribution in [3.05, 3.63) is 46.7 Å². The summed E-state index contributed by atoms with van der Waals surface area (Å²) in [6.07, 6.45) is -2.91. The number of aromatic nitrogens is 1. The second-order valence-electron chi connectivity index (χ2n) is 4.57. The van der Waals surface area contributed by atoms with Crippen molar-refractivity contribution in [2.24, 2.45) is 5.73 Å². The lowest BCUT2D eigenvalue weighted by Crippen LogP contribution is -2.21. The van der Waals surface area contributed by atoms with E-state index in [9.17, 15) is 26.4 Å². The molecule has 1 aromatic carbocycles. The van der Waals surface area contributed by atoms with Crippen molar-refractivity contribution in [2.45, 2.75) is 11.3 Å². The number of primary amides is 1. The molecule has 25 heavy (non-hydrogen) atoms. The number of alkyl halides is 3. The number of hydrogen-bond acceptors (Lipinski definition) is 5. The molecule has 0 spiro atoms. The van der Waals surface area contributed by atoms with Gasteiger partial charge in [0.15, 0.2) is 0 Å². The Kier molecular flexibility index (Phi) is 5.23. The number of amides is 1. The highest BCUT2D eigenvalue weighted by molar-refractivity contribution is 9.10. The summed E-state index contributed by atoms with van der Waals surface area (Å²) in [5.41, 5.74) is 4.82. The molecule has 0 aliphatic heterocycles. The largest absolute Gasteiger partial charge is 0.573 e. The lowest BCUT2D eigenvalue weighted by Gasteiger charge is -2.15. The number of carbonyl (C=O) groups is 1. The van der Waals surface area contributed by atoms with E-state index in [1.807, 2.05) is 4.72 Å². The number of sulfonamides is 1. The van der Waals surface area contributed by atoms with Gasteiger partial charge in [-0.05, 0) is 24.3 Å². The fourth-order valence-corrected chi connectivity index (χ4v) is 3.44. The standard InChI is InChI=1S/C13H9BrF3N3O4S/c14-8-1-2-10(24-13(15,16)17)11(4-8)25(22,23)20-9-3-7(12(18)21)5-19-6-9/h1-6,20H,(H2,18,21). The number of nitrogens with two attached hydrogens (primary N) is 1. The fraction of sp³-hybridized carbons (Fsp3) is 0.0769. The van der Waals surface area contributed by atoms with Crippen molar-refractivity contribution in [3.63, 3.8) is 0 Å². The van der Waals surface area contributed by atoms with Crippen molar-refractivity contribution in [1.82, 2.24) is 4.98 Å². The Morgan fingerprint density at radius 3 is 2.52 bits per heavy atom. The molecule has 7 nitrogen and oxygen atoms in total. The normalized spacial score (nSPS) is 11.8. The van der Waals surface area contributed by atoms with Crippen LogP contribution in [0.2, 0.25) is 0 Å². The van der Waals surface area contributed by atoms with Crippen LogP contribution in [0.15, 0.2) is 46.0 Å². The van der Waals surface area contributed by atoms with Crippen LogP contribution < -0.4 is 15.2 Å². The van der Waals surface area contributed by atoms with Gasteiger partial charge in [-0.3, -0.25) is 14.5 Å². The lowest BCUT2D eigenvalue weighted by atomic mass is 10.2. The molecule has 0 atom stereocenters. The zero-order valence-electron chi connectivity index (χ0n) is 12.0. The highest BCUT2D eigenvalue weighted by Crippen LogP contribution is 2.33. The second kappa shape index (κ2) is 6.88. The van der Waals surface area contributed by atoms with Gasteiger partial charge in [-0.25, -0.2) is 8.42 Å². The molecule has 1 heterocycles. The molecule has 2 aromatic rings. The zero-order valence-corrected chi connectivity index (χ0v) is 14.4. The third-order valence-corrected chi connectivity index (χ3v) is 4.59. The molecule has 1 aromatic heterocycles. The van der Waals surface area contributed by atoms with Crippen LogP contribution in [0.3, 0.4) is 0 Å². The molecule has 0 saturated heterocycles. The minimum atomic E-state index is -5.08. The molecule has 3 N–H and O–H groups in total. The number of anilines is 1. The Hall–Kier alpha value is -2.34. The number of nitrogens with one attached hydrogen (secondary N) is 1. The van der Waals surface area contributed by atoms with E-state index in [2.05, 4.69) is 25.7 Å². The van der Waals surface area contributed by atoms with Crippen LogP contribution in [-0.2, 0) is 10.0 Å². The SMILES string of the molecule is NC(=O)c1cncc(NS(=O)(=O)c2cc(Br)ccc2OC(F)(F)F)c1. The van der Waals surface area contributed by atoms with Crippen LogP contribution in [0, 0.1) is 0 Å². The maximum atomic E-state index is 12.5. The molecular formula is C13H9BrF3N3O4S. The molecule has 0 saturated carbocycles. The molecule has 0 fully saturated rings. The summed E-state index contributed by atoms with van der Waals surface area (Å²) in [4.78, 5) is 14.0. The van der Waals surface area contributed by atoms with E-state index in [1.165, 1.54) is 6.07 Å². The molecule has 0 radical (unpaired) electrons. The van der Waals surface area contributed by atoms with Gasteiger partial charge in [0.25, 0.3) is 10.0 Å². The predicted octanol–water partition coefficient (Wildman–Crippen LogP) is 2.64. The minimum Gasteiger partial charge on any atom is -0.404 e. The highest BCUT2D eigenvalue weighted by atomic mass is 79.9. The summed E-state index contributed by atoms with van der Waals surface area (Å²) in [6.45, 7) is 0. The van der Waals surface area contributed by atoms with Gasteiger partial charge in [-0.2, -0.15) is 0 Å². The van der Waals surface area contributed by atoms with E-state index in [0.717, 1.165) is 30.6 Å².